The third-order valence-corrected chi connectivity index (χ3v) is 4.64. The molecule has 2 aromatic rings. The Labute approximate surface area is 116 Å². The number of para-hydroxylation sites is 1. The third kappa shape index (κ3) is 2.56. The minimum absolute atomic E-state index is 0.0388. The third-order valence-electron chi connectivity index (χ3n) is 3.43. The molecule has 1 unspecified atom stereocenters. The quantitative estimate of drug-likeness (QED) is 0.737. The topological polar surface area (TPSA) is 70.9 Å². The molecule has 5 heteroatoms. The van der Waals surface area contributed by atoms with Gasteiger partial charge < -0.3 is 16.0 Å². The smallest absolute Gasteiger partial charge is 0.267 e. The second kappa shape index (κ2) is 5.17. The van der Waals surface area contributed by atoms with Gasteiger partial charge in [-0.2, -0.15) is 11.8 Å². The molecule has 1 saturated heterocycles. The van der Waals surface area contributed by atoms with Crippen LogP contribution in [0.4, 0.5) is 5.69 Å². The number of hydrogen-bond donors (Lipinski definition) is 3. The van der Waals surface area contributed by atoms with E-state index in [0.29, 0.717) is 11.4 Å². The van der Waals surface area contributed by atoms with Crippen LogP contribution in [0.5, 0.6) is 0 Å². The number of carbonyl (C=O) groups is 1. The van der Waals surface area contributed by atoms with Gasteiger partial charge in [-0.05, 0) is 30.7 Å². The Morgan fingerprint density at radius 3 is 3.11 bits per heavy atom. The Morgan fingerprint density at radius 1 is 1.47 bits per heavy atom. The van der Waals surface area contributed by atoms with Gasteiger partial charge in [0.2, 0.25) is 0 Å². The summed E-state index contributed by atoms with van der Waals surface area (Å²) in [5.41, 5.74) is 7.98. The summed E-state index contributed by atoms with van der Waals surface area (Å²) in [5.74, 6) is 2.17. The highest BCUT2D eigenvalue weighted by molar-refractivity contribution is 7.99. The van der Waals surface area contributed by atoms with Crippen molar-refractivity contribution < 1.29 is 4.79 Å². The minimum Gasteiger partial charge on any atom is -0.397 e. The van der Waals surface area contributed by atoms with Gasteiger partial charge in [-0.3, -0.25) is 4.79 Å². The first kappa shape index (κ1) is 12.4. The molecule has 1 aromatic heterocycles. The van der Waals surface area contributed by atoms with Crippen molar-refractivity contribution in [1.82, 2.24) is 10.3 Å². The van der Waals surface area contributed by atoms with E-state index in [2.05, 4.69) is 10.3 Å². The number of rotatable bonds is 2. The Balaban J connectivity index is 1.79. The predicted octanol–water partition coefficient (Wildman–Crippen LogP) is 2.38. The molecule has 1 amide bonds. The lowest BCUT2D eigenvalue weighted by Gasteiger charge is -2.22. The van der Waals surface area contributed by atoms with E-state index in [0.717, 1.165) is 23.1 Å². The molecule has 19 heavy (non-hydrogen) atoms. The number of H-pyrrole nitrogens is 1. The zero-order valence-electron chi connectivity index (χ0n) is 10.6. The first-order valence-corrected chi connectivity index (χ1v) is 7.65. The van der Waals surface area contributed by atoms with Crippen LogP contribution in [0, 0.1) is 0 Å². The summed E-state index contributed by atoms with van der Waals surface area (Å²) in [6, 6.07) is 7.82. The van der Waals surface area contributed by atoms with Gasteiger partial charge in [0.15, 0.2) is 0 Å². The molecule has 4 nitrogen and oxygen atoms in total. The molecule has 1 fully saturated rings. The number of aromatic amines is 1. The van der Waals surface area contributed by atoms with Crippen molar-refractivity contribution in [2.24, 2.45) is 0 Å². The van der Waals surface area contributed by atoms with Gasteiger partial charge in [0.25, 0.3) is 5.91 Å². The molecule has 2 heterocycles. The van der Waals surface area contributed by atoms with Crippen LogP contribution in [-0.4, -0.2) is 28.4 Å². The fourth-order valence-corrected chi connectivity index (χ4v) is 3.49. The van der Waals surface area contributed by atoms with E-state index >= 15 is 0 Å². The van der Waals surface area contributed by atoms with Crippen molar-refractivity contribution in [1.29, 1.82) is 0 Å². The molecule has 1 atom stereocenters. The Hall–Kier alpha value is -1.62. The summed E-state index contributed by atoms with van der Waals surface area (Å²) in [5, 5.41) is 4.06. The second-order valence-electron chi connectivity index (χ2n) is 4.88. The number of hydrogen-bond acceptors (Lipinski definition) is 3. The maximum atomic E-state index is 12.2. The first-order valence-electron chi connectivity index (χ1n) is 6.50. The molecule has 0 radical (unpaired) electrons. The van der Waals surface area contributed by atoms with Crippen LogP contribution in [0.1, 0.15) is 23.3 Å². The van der Waals surface area contributed by atoms with Crippen molar-refractivity contribution in [3.05, 3.63) is 30.0 Å². The summed E-state index contributed by atoms with van der Waals surface area (Å²) < 4.78 is 0. The number of anilines is 1. The molecular weight excluding hydrogens is 258 g/mol. The SMILES string of the molecule is Nc1cccc2cc(C(=O)NC3CCCSC3)[nH]c12. The summed E-state index contributed by atoms with van der Waals surface area (Å²) >= 11 is 1.90. The van der Waals surface area contributed by atoms with Crippen molar-refractivity contribution in [2.45, 2.75) is 18.9 Å². The van der Waals surface area contributed by atoms with Crippen molar-refractivity contribution in [2.75, 3.05) is 17.2 Å². The number of carbonyl (C=O) groups excluding carboxylic acids is 1. The monoisotopic (exact) mass is 275 g/mol. The zero-order chi connectivity index (χ0) is 13.2. The van der Waals surface area contributed by atoms with Crippen molar-refractivity contribution in [3.63, 3.8) is 0 Å². The highest BCUT2D eigenvalue weighted by Gasteiger charge is 2.18. The number of nitrogens with one attached hydrogen (secondary N) is 2. The lowest BCUT2D eigenvalue weighted by molar-refractivity contribution is 0.0934. The maximum Gasteiger partial charge on any atom is 0.267 e. The van der Waals surface area contributed by atoms with Gasteiger partial charge in [0.05, 0.1) is 11.2 Å². The first-order chi connectivity index (χ1) is 9.24. The summed E-state index contributed by atoms with van der Waals surface area (Å²) in [7, 11) is 0. The number of benzene rings is 1. The molecule has 0 aliphatic carbocycles. The molecule has 1 aliphatic rings. The molecule has 100 valence electrons. The Morgan fingerprint density at radius 2 is 2.37 bits per heavy atom. The molecule has 0 spiro atoms. The maximum absolute atomic E-state index is 12.2. The van der Waals surface area contributed by atoms with Gasteiger partial charge >= 0.3 is 0 Å². The lowest BCUT2D eigenvalue weighted by Crippen LogP contribution is -2.38. The largest absolute Gasteiger partial charge is 0.397 e. The number of nitrogens with two attached hydrogens (primary N) is 1. The summed E-state index contributed by atoms with van der Waals surface area (Å²) in [4.78, 5) is 15.3. The van der Waals surface area contributed by atoms with Crippen molar-refractivity contribution in [3.8, 4) is 0 Å². The summed E-state index contributed by atoms with van der Waals surface area (Å²) in [6.07, 6.45) is 2.25. The predicted molar refractivity (Wildman–Crippen MR) is 80.5 cm³/mol. The molecule has 4 N–H and O–H groups in total. The normalized spacial score (nSPS) is 19.5. The van der Waals surface area contributed by atoms with Crippen LogP contribution in [0.25, 0.3) is 10.9 Å². The molecule has 0 bridgehead atoms. The van der Waals surface area contributed by atoms with Crippen LogP contribution < -0.4 is 11.1 Å². The highest BCUT2D eigenvalue weighted by atomic mass is 32.2. The number of thioether (sulfide) groups is 1. The fraction of sp³-hybridized carbons (Fsp3) is 0.357. The molecule has 3 rings (SSSR count). The number of fused-ring (bicyclic) bond motifs is 1. The van der Waals surface area contributed by atoms with E-state index in [-0.39, 0.29) is 11.9 Å². The number of aromatic nitrogens is 1. The second-order valence-corrected chi connectivity index (χ2v) is 6.03. The van der Waals surface area contributed by atoms with E-state index in [1.54, 1.807) is 0 Å². The highest BCUT2D eigenvalue weighted by Crippen LogP contribution is 2.22. The van der Waals surface area contributed by atoms with Gasteiger partial charge in [-0.15, -0.1) is 0 Å². The van der Waals surface area contributed by atoms with E-state index in [1.165, 1.54) is 12.2 Å². The Kier molecular flexibility index (Phi) is 3.38. The average molecular weight is 275 g/mol. The van der Waals surface area contributed by atoms with Gasteiger partial charge in [0.1, 0.15) is 5.69 Å². The standard InChI is InChI=1S/C14H17N3OS/c15-11-5-1-3-9-7-12(17-13(9)11)14(18)16-10-4-2-6-19-8-10/h1,3,5,7,10,17H,2,4,6,8,15H2,(H,16,18). The van der Waals surface area contributed by atoms with Crippen LogP contribution >= 0.6 is 11.8 Å². The van der Waals surface area contributed by atoms with Crippen LogP contribution in [0.2, 0.25) is 0 Å². The van der Waals surface area contributed by atoms with Gasteiger partial charge in [-0.25, -0.2) is 0 Å². The zero-order valence-corrected chi connectivity index (χ0v) is 11.4. The van der Waals surface area contributed by atoms with E-state index < -0.39 is 0 Å². The van der Waals surface area contributed by atoms with Crippen LogP contribution in [0.15, 0.2) is 24.3 Å². The van der Waals surface area contributed by atoms with Crippen molar-refractivity contribution >= 4 is 34.3 Å². The van der Waals surface area contributed by atoms with Crippen LogP contribution in [0.3, 0.4) is 0 Å². The average Bonchev–Trinajstić information content (AvgIpc) is 2.85. The van der Waals surface area contributed by atoms with E-state index in [1.807, 2.05) is 36.0 Å². The molecule has 1 aromatic carbocycles. The lowest BCUT2D eigenvalue weighted by atomic mass is 10.2. The van der Waals surface area contributed by atoms with E-state index in [4.69, 9.17) is 5.73 Å². The summed E-state index contributed by atoms with van der Waals surface area (Å²) in [6.45, 7) is 0. The number of nitrogen functional groups attached to an aromatic ring is 1. The van der Waals surface area contributed by atoms with Gasteiger partial charge in [0, 0.05) is 17.2 Å². The van der Waals surface area contributed by atoms with Gasteiger partial charge in [-0.1, -0.05) is 12.1 Å². The molecule has 1 aliphatic heterocycles. The van der Waals surface area contributed by atoms with Crippen LogP contribution in [-0.2, 0) is 0 Å². The number of amides is 1. The molecular formula is C14H17N3OS. The molecule has 0 saturated carbocycles. The fourth-order valence-electron chi connectivity index (χ4n) is 2.42. The minimum atomic E-state index is -0.0388. The van der Waals surface area contributed by atoms with E-state index in [9.17, 15) is 4.79 Å². The Bertz CT molecular complexity index is 602.